The molecule has 0 spiro atoms. The summed E-state index contributed by atoms with van der Waals surface area (Å²) < 4.78 is 5.00. The number of aryl methyl sites for hydroxylation is 2. The molecule has 0 atom stereocenters. The summed E-state index contributed by atoms with van der Waals surface area (Å²) >= 11 is 0. The maximum absolute atomic E-state index is 12.0. The molecule has 7 nitrogen and oxygen atoms in total. The van der Waals surface area contributed by atoms with Crippen LogP contribution in [0, 0.1) is 13.8 Å². The number of nitrogens with one attached hydrogen (secondary N) is 1. The van der Waals surface area contributed by atoms with Crippen LogP contribution in [-0.4, -0.2) is 28.7 Å². The van der Waals surface area contributed by atoms with Crippen LogP contribution in [0.25, 0.3) is 10.8 Å². The van der Waals surface area contributed by atoms with Gasteiger partial charge in [-0.2, -0.15) is 5.10 Å². The lowest BCUT2D eigenvalue weighted by molar-refractivity contribution is 0.0525. The minimum Gasteiger partial charge on any atom is -0.462 e. The number of hydrogen-bond acceptors (Lipinski definition) is 5. The first kappa shape index (κ1) is 14.7. The Balaban J connectivity index is 2.90. The van der Waals surface area contributed by atoms with E-state index in [2.05, 4.69) is 10.2 Å². The summed E-state index contributed by atoms with van der Waals surface area (Å²) in [5, 5.41) is 6.44. The van der Waals surface area contributed by atoms with E-state index in [-0.39, 0.29) is 17.7 Å². The van der Waals surface area contributed by atoms with Crippen molar-refractivity contribution in [2.75, 3.05) is 6.61 Å². The normalized spacial score (nSPS) is 10.6. The molecule has 3 N–H and O–H groups in total. The van der Waals surface area contributed by atoms with E-state index in [1.54, 1.807) is 26.8 Å². The van der Waals surface area contributed by atoms with Gasteiger partial charge >= 0.3 is 5.97 Å². The number of esters is 1. The molecule has 0 bridgehead atoms. The molecule has 7 heteroatoms. The third-order valence-corrected chi connectivity index (χ3v) is 3.24. The number of fused-ring (bicyclic) bond motifs is 1. The predicted molar refractivity (Wildman–Crippen MR) is 76.3 cm³/mol. The molecule has 0 aliphatic heterocycles. The maximum atomic E-state index is 12.0. The van der Waals surface area contributed by atoms with Gasteiger partial charge in [0.1, 0.15) is 0 Å². The third kappa shape index (κ3) is 2.37. The average molecular weight is 289 g/mol. The van der Waals surface area contributed by atoms with Crippen LogP contribution in [0.3, 0.4) is 0 Å². The minimum atomic E-state index is -0.751. The second-order valence-corrected chi connectivity index (χ2v) is 4.60. The smallest absolute Gasteiger partial charge is 0.338 e. The van der Waals surface area contributed by atoms with Gasteiger partial charge in [-0.3, -0.25) is 9.59 Å². The standard InChI is InChI=1S/C14H15N3O4/c1-4-21-14(20)9-6(2)5-8-10(7(9)3)13(19)17-16-11(8)12(15)18/h5H,4H2,1-3H3,(H2,15,18)(H,17,19). The van der Waals surface area contributed by atoms with Gasteiger partial charge in [0.05, 0.1) is 17.6 Å². The summed E-state index contributed by atoms with van der Waals surface area (Å²) in [7, 11) is 0. The fourth-order valence-corrected chi connectivity index (χ4v) is 2.39. The molecule has 0 fully saturated rings. The molecule has 21 heavy (non-hydrogen) atoms. The molecule has 1 amide bonds. The van der Waals surface area contributed by atoms with Crippen molar-refractivity contribution >= 4 is 22.6 Å². The number of primary amides is 1. The van der Waals surface area contributed by atoms with Crippen molar-refractivity contribution < 1.29 is 14.3 Å². The molecular weight excluding hydrogens is 274 g/mol. The number of carbonyl (C=O) groups excluding carboxylic acids is 2. The first-order valence-electron chi connectivity index (χ1n) is 6.38. The number of nitrogens with two attached hydrogens (primary N) is 1. The zero-order valence-corrected chi connectivity index (χ0v) is 11.9. The Labute approximate surface area is 120 Å². The van der Waals surface area contributed by atoms with Gasteiger partial charge in [-0.25, -0.2) is 9.89 Å². The lowest BCUT2D eigenvalue weighted by Gasteiger charge is -2.12. The van der Waals surface area contributed by atoms with Gasteiger partial charge in [0.15, 0.2) is 5.69 Å². The average Bonchev–Trinajstić information content (AvgIpc) is 2.38. The molecule has 0 saturated heterocycles. The lowest BCUT2D eigenvalue weighted by Crippen LogP contribution is -2.21. The van der Waals surface area contributed by atoms with Crippen LogP contribution in [0.4, 0.5) is 0 Å². The van der Waals surface area contributed by atoms with Crippen LogP contribution in [0.1, 0.15) is 38.9 Å². The molecule has 0 unspecified atom stereocenters. The summed E-state index contributed by atoms with van der Waals surface area (Å²) in [6, 6.07) is 1.55. The van der Waals surface area contributed by atoms with Crippen molar-refractivity contribution in [1.29, 1.82) is 0 Å². The molecule has 1 aromatic carbocycles. The minimum absolute atomic E-state index is 0.0359. The van der Waals surface area contributed by atoms with Crippen LogP contribution in [0.15, 0.2) is 10.9 Å². The largest absolute Gasteiger partial charge is 0.462 e. The Morgan fingerprint density at radius 2 is 2.05 bits per heavy atom. The lowest BCUT2D eigenvalue weighted by atomic mass is 9.95. The van der Waals surface area contributed by atoms with Gasteiger partial charge in [-0.1, -0.05) is 0 Å². The Kier molecular flexibility index (Phi) is 3.75. The van der Waals surface area contributed by atoms with E-state index in [9.17, 15) is 14.4 Å². The first-order valence-corrected chi connectivity index (χ1v) is 6.38. The highest BCUT2D eigenvalue weighted by Gasteiger charge is 2.21. The van der Waals surface area contributed by atoms with E-state index < -0.39 is 17.4 Å². The number of amides is 1. The second-order valence-electron chi connectivity index (χ2n) is 4.60. The predicted octanol–water partition coefficient (Wildman–Crippen LogP) is 0.816. The van der Waals surface area contributed by atoms with Crippen LogP contribution >= 0.6 is 0 Å². The molecular formula is C14H15N3O4. The van der Waals surface area contributed by atoms with Crippen molar-refractivity contribution in [3.05, 3.63) is 38.8 Å². The fraction of sp³-hybridized carbons (Fsp3) is 0.286. The second kappa shape index (κ2) is 5.35. The summed E-state index contributed by atoms with van der Waals surface area (Å²) in [6.45, 7) is 5.26. The summed E-state index contributed by atoms with van der Waals surface area (Å²) in [6.07, 6.45) is 0. The summed E-state index contributed by atoms with van der Waals surface area (Å²) in [5.41, 5.74) is 6.08. The van der Waals surface area contributed by atoms with Gasteiger partial charge in [0, 0.05) is 5.39 Å². The first-order chi connectivity index (χ1) is 9.88. The van der Waals surface area contributed by atoms with Gasteiger partial charge < -0.3 is 10.5 Å². The molecule has 2 rings (SSSR count). The monoisotopic (exact) mass is 289 g/mol. The number of aromatic amines is 1. The van der Waals surface area contributed by atoms with Crippen LogP contribution in [0.5, 0.6) is 0 Å². The molecule has 0 aliphatic rings. The molecule has 0 radical (unpaired) electrons. The van der Waals surface area contributed by atoms with Gasteiger partial charge in [-0.15, -0.1) is 0 Å². The van der Waals surface area contributed by atoms with Crippen LogP contribution in [0.2, 0.25) is 0 Å². The molecule has 1 heterocycles. The quantitative estimate of drug-likeness (QED) is 0.811. The number of rotatable bonds is 3. The van der Waals surface area contributed by atoms with E-state index in [0.29, 0.717) is 22.1 Å². The highest BCUT2D eigenvalue weighted by Crippen LogP contribution is 2.24. The summed E-state index contributed by atoms with van der Waals surface area (Å²) in [5.74, 6) is -1.26. The highest BCUT2D eigenvalue weighted by atomic mass is 16.5. The number of nitrogens with zero attached hydrogens (tertiary/aromatic N) is 1. The maximum Gasteiger partial charge on any atom is 0.338 e. The number of benzene rings is 1. The van der Waals surface area contributed by atoms with Gasteiger partial charge in [0.2, 0.25) is 0 Å². The van der Waals surface area contributed by atoms with E-state index in [0.717, 1.165) is 0 Å². The van der Waals surface area contributed by atoms with Crippen LogP contribution < -0.4 is 11.3 Å². The molecule has 110 valence electrons. The number of aromatic nitrogens is 2. The van der Waals surface area contributed by atoms with Crippen LogP contribution in [-0.2, 0) is 4.74 Å². The Bertz CT molecular complexity index is 808. The van der Waals surface area contributed by atoms with Crippen molar-refractivity contribution in [2.45, 2.75) is 20.8 Å². The zero-order chi connectivity index (χ0) is 15.7. The van der Waals surface area contributed by atoms with E-state index in [1.165, 1.54) is 0 Å². The number of H-pyrrole nitrogens is 1. The van der Waals surface area contributed by atoms with Crippen molar-refractivity contribution in [1.82, 2.24) is 10.2 Å². The SMILES string of the molecule is CCOC(=O)c1c(C)cc2c(C(N)=O)n[nH]c(=O)c2c1C. The third-order valence-electron chi connectivity index (χ3n) is 3.24. The topological polar surface area (TPSA) is 115 Å². The molecule has 2 aromatic rings. The highest BCUT2D eigenvalue weighted by molar-refractivity contribution is 6.07. The van der Waals surface area contributed by atoms with Gasteiger partial charge in [0.25, 0.3) is 11.5 Å². The van der Waals surface area contributed by atoms with Crippen molar-refractivity contribution in [2.24, 2.45) is 5.73 Å². The molecule has 1 aromatic heterocycles. The molecule has 0 saturated carbocycles. The number of ether oxygens (including phenoxy) is 1. The fourth-order valence-electron chi connectivity index (χ4n) is 2.39. The summed E-state index contributed by atoms with van der Waals surface area (Å²) in [4.78, 5) is 35.4. The van der Waals surface area contributed by atoms with E-state index >= 15 is 0 Å². The Morgan fingerprint density at radius 3 is 2.62 bits per heavy atom. The van der Waals surface area contributed by atoms with Crippen molar-refractivity contribution in [3.8, 4) is 0 Å². The van der Waals surface area contributed by atoms with E-state index in [4.69, 9.17) is 10.5 Å². The molecule has 0 aliphatic carbocycles. The Morgan fingerprint density at radius 1 is 1.38 bits per heavy atom. The number of hydrogen-bond donors (Lipinski definition) is 2. The number of carbonyl (C=O) groups is 2. The Hall–Kier alpha value is -2.70. The zero-order valence-electron chi connectivity index (χ0n) is 11.9. The van der Waals surface area contributed by atoms with E-state index in [1.807, 2.05) is 0 Å². The van der Waals surface area contributed by atoms with Crippen molar-refractivity contribution in [3.63, 3.8) is 0 Å². The van der Waals surface area contributed by atoms with Gasteiger partial charge in [-0.05, 0) is 38.0 Å².